The zero-order valence-corrected chi connectivity index (χ0v) is 19.6. The van der Waals surface area contributed by atoms with Gasteiger partial charge in [-0.25, -0.2) is 4.98 Å². The molecule has 1 aromatic heterocycles. The summed E-state index contributed by atoms with van der Waals surface area (Å²) in [5.74, 6) is 1.11. The predicted molar refractivity (Wildman–Crippen MR) is 133 cm³/mol. The Kier molecular flexibility index (Phi) is 7.10. The molecule has 0 saturated carbocycles. The molecule has 1 amide bonds. The highest BCUT2D eigenvalue weighted by Crippen LogP contribution is 2.36. The van der Waals surface area contributed by atoms with Crippen molar-refractivity contribution in [1.82, 2.24) is 15.2 Å². The molecule has 0 radical (unpaired) electrons. The zero-order valence-electron chi connectivity index (χ0n) is 18.8. The number of carbonyl (C=O) groups is 1. The maximum Gasteiger partial charge on any atom is 0.242 e. The molecule has 7 heteroatoms. The number of benzene rings is 3. The first kappa shape index (κ1) is 22.6. The van der Waals surface area contributed by atoms with Gasteiger partial charge in [0.1, 0.15) is 11.0 Å². The second kappa shape index (κ2) is 10.4. The van der Waals surface area contributed by atoms with Gasteiger partial charge in [-0.3, -0.25) is 9.89 Å². The molecule has 0 saturated heterocycles. The van der Waals surface area contributed by atoms with Crippen molar-refractivity contribution in [2.45, 2.75) is 30.7 Å². The zero-order chi connectivity index (χ0) is 23.2. The lowest BCUT2D eigenvalue weighted by Gasteiger charge is -2.17. The van der Waals surface area contributed by atoms with Crippen LogP contribution in [0.15, 0.2) is 78.0 Å². The number of amides is 1. The summed E-state index contributed by atoms with van der Waals surface area (Å²) in [6.07, 6.45) is 0.984. The second-order valence-corrected chi connectivity index (χ2v) is 8.69. The summed E-state index contributed by atoms with van der Waals surface area (Å²) in [6.45, 7) is 4.10. The standard InChI is InChI=1S/C26H26N4O2S/c1-4-18-11-13-20(14-12-18)24-28-26(30-29-24)33-23(19-8-6-5-7-9-19)25(31)27-21-16-17(2)10-15-22(21)32-3/h5-16,23H,4H2,1-3H3,(H,27,31)(H,28,29,30). The van der Waals surface area contributed by atoms with Crippen LogP contribution in [0, 0.1) is 6.92 Å². The first-order chi connectivity index (χ1) is 16.1. The summed E-state index contributed by atoms with van der Waals surface area (Å²) >= 11 is 1.30. The minimum Gasteiger partial charge on any atom is -0.495 e. The van der Waals surface area contributed by atoms with E-state index < -0.39 is 5.25 Å². The number of aryl methyl sites for hydroxylation is 2. The number of methoxy groups -OCH3 is 1. The normalized spacial score (nSPS) is 11.7. The molecule has 6 nitrogen and oxygen atoms in total. The third kappa shape index (κ3) is 5.43. The summed E-state index contributed by atoms with van der Waals surface area (Å²) in [5, 5.41) is 10.3. The predicted octanol–water partition coefficient (Wildman–Crippen LogP) is 5.82. The monoisotopic (exact) mass is 458 g/mol. The van der Waals surface area contributed by atoms with E-state index in [0.717, 1.165) is 23.1 Å². The van der Waals surface area contributed by atoms with Crippen LogP contribution >= 0.6 is 11.8 Å². The van der Waals surface area contributed by atoms with E-state index in [2.05, 4.69) is 39.6 Å². The van der Waals surface area contributed by atoms with E-state index in [1.165, 1.54) is 17.3 Å². The van der Waals surface area contributed by atoms with E-state index in [4.69, 9.17) is 4.74 Å². The van der Waals surface area contributed by atoms with E-state index in [0.29, 0.717) is 22.4 Å². The molecule has 2 N–H and O–H groups in total. The van der Waals surface area contributed by atoms with Gasteiger partial charge in [-0.05, 0) is 42.2 Å². The molecule has 4 aromatic rings. The Morgan fingerprint density at radius 1 is 1.09 bits per heavy atom. The van der Waals surface area contributed by atoms with E-state index in [9.17, 15) is 4.79 Å². The van der Waals surface area contributed by atoms with Crippen LogP contribution in [0.5, 0.6) is 5.75 Å². The summed E-state index contributed by atoms with van der Waals surface area (Å²) < 4.78 is 5.42. The van der Waals surface area contributed by atoms with Crippen molar-refractivity contribution in [2.24, 2.45) is 0 Å². The Morgan fingerprint density at radius 2 is 1.85 bits per heavy atom. The number of anilines is 1. The quantitative estimate of drug-likeness (QED) is 0.325. The van der Waals surface area contributed by atoms with Gasteiger partial charge in [-0.2, -0.15) is 0 Å². The van der Waals surface area contributed by atoms with Gasteiger partial charge in [0.2, 0.25) is 11.1 Å². The second-order valence-electron chi connectivity index (χ2n) is 7.62. The molecule has 0 aliphatic heterocycles. The van der Waals surface area contributed by atoms with E-state index >= 15 is 0 Å². The minimum absolute atomic E-state index is 0.172. The van der Waals surface area contributed by atoms with Crippen molar-refractivity contribution < 1.29 is 9.53 Å². The maximum atomic E-state index is 13.4. The molecule has 1 heterocycles. The third-order valence-corrected chi connectivity index (χ3v) is 6.39. The van der Waals surface area contributed by atoms with Crippen LogP contribution in [0.3, 0.4) is 0 Å². The van der Waals surface area contributed by atoms with Crippen LogP contribution in [0.25, 0.3) is 11.4 Å². The fraction of sp³-hybridized carbons (Fsp3) is 0.192. The average molecular weight is 459 g/mol. The van der Waals surface area contributed by atoms with Crippen molar-refractivity contribution in [1.29, 1.82) is 0 Å². The van der Waals surface area contributed by atoms with Crippen molar-refractivity contribution in [3.05, 3.63) is 89.5 Å². The topological polar surface area (TPSA) is 79.9 Å². The van der Waals surface area contributed by atoms with Crippen molar-refractivity contribution in [3.8, 4) is 17.1 Å². The number of aromatic nitrogens is 3. The van der Waals surface area contributed by atoms with Gasteiger partial charge in [-0.15, -0.1) is 5.10 Å². The lowest BCUT2D eigenvalue weighted by molar-refractivity contribution is -0.115. The van der Waals surface area contributed by atoms with Gasteiger partial charge < -0.3 is 10.1 Å². The minimum atomic E-state index is -0.539. The Morgan fingerprint density at radius 3 is 2.55 bits per heavy atom. The van der Waals surface area contributed by atoms with Crippen LogP contribution in [0.4, 0.5) is 5.69 Å². The number of nitrogens with one attached hydrogen (secondary N) is 2. The average Bonchev–Trinajstić information content (AvgIpc) is 3.32. The number of hydrogen-bond acceptors (Lipinski definition) is 5. The van der Waals surface area contributed by atoms with Gasteiger partial charge in [-0.1, -0.05) is 79.3 Å². The number of aromatic amines is 1. The number of thioether (sulfide) groups is 1. The van der Waals surface area contributed by atoms with Gasteiger partial charge in [0.05, 0.1) is 12.8 Å². The Balaban J connectivity index is 1.59. The molecule has 0 fully saturated rings. The van der Waals surface area contributed by atoms with E-state index in [1.54, 1.807) is 7.11 Å². The summed E-state index contributed by atoms with van der Waals surface area (Å²) in [4.78, 5) is 18.0. The van der Waals surface area contributed by atoms with E-state index in [1.807, 2.05) is 67.6 Å². The van der Waals surface area contributed by atoms with E-state index in [-0.39, 0.29) is 5.91 Å². The lowest BCUT2D eigenvalue weighted by atomic mass is 10.1. The summed E-state index contributed by atoms with van der Waals surface area (Å²) in [5.41, 5.74) is 4.75. The fourth-order valence-corrected chi connectivity index (χ4v) is 4.36. The maximum absolute atomic E-state index is 13.4. The van der Waals surface area contributed by atoms with Crippen molar-refractivity contribution >= 4 is 23.4 Å². The number of H-pyrrole nitrogens is 1. The van der Waals surface area contributed by atoms with Crippen LogP contribution in [0.1, 0.15) is 28.9 Å². The Hall–Kier alpha value is -3.58. The van der Waals surface area contributed by atoms with Gasteiger partial charge in [0, 0.05) is 5.56 Å². The van der Waals surface area contributed by atoms with Crippen LogP contribution in [-0.4, -0.2) is 28.2 Å². The molecule has 168 valence electrons. The SMILES string of the molecule is CCc1ccc(-c2nc(SC(C(=O)Nc3cc(C)ccc3OC)c3ccccc3)n[nH]2)cc1. The highest BCUT2D eigenvalue weighted by atomic mass is 32.2. The van der Waals surface area contributed by atoms with Crippen LogP contribution in [0.2, 0.25) is 0 Å². The summed E-state index contributed by atoms with van der Waals surface area (Å²) in [6, 6.07) is 23.5. The molecule has 0 bridgehead atoms. The number of carbonyl (C=O) groups excluding carboxylic acids is 1. The van der Waals surface area contributed by atoms with Crippen molar-refractivity contribution in [2.75, 3.05) is 12.4 Å². The highest BCUT2D eigenvalue weighted by molar-refractivity contribution is 8.00. The van der Waals surface area contributed by atoms with Gasteiger partial charge in [0.15, 0.2) is 5.82 Å². The molecule has 1 atom stereocenters. The van der Waals surface area contributed by atoms with Crippen LogP contribution < -0.4 is 10.1 Å². The number of nitrogens with zero attached hydrogens (tertiary/aromatic N) is 2. The molecule has 1 unspecified atom stereocenters. The fourth-order valence-electron chi connectivity index (χ4n) is 3.45. The largest absolute Gasteiger partial charge is 0.495 e. The molecule has 0 spiro atoms. The van der Waals surface area contributed by atoms with Crippen molar-refractivity contribution in [3.63, 3.8) is 0 Å². The first-order valence-electron chi connectivity index (χ1n) is 10.8. The Bertz CT molecular complexity index is 1220. The van der Waals surface area contributed by atoms with Crippen LogP contribution in [-0.2, 0) is 11.2 Å². The van der Waals surface area contributed by atoms with Gasteiger partial charge in [0.25, 0.3) is 0 Å². The number of hydrogen-bond donors (Lipinski definition) is 2. The molecule has 33 heavy (non-hydrogen) atoms. The number of rotatable bonds is 8. The highest BCUT2D eigenvalue weighted by Gasteiger charge is 2.25. The number of ether oxygens (including phenoxy) is 1. The lowest BCUT2D eigenvalue weighted by Crippen LogP contribution is -2.19. The van der Waals surface area contributed by atoms with Gasteiger partial charge >= 0.3 is 0 Å². The first-order valence-corrected chi connectivity index (χ1v) is 11.6. The summed E-state index contributed by atoms with van der Waals surface area (Å²) in [7, 11) is 1.59. The molecule has 0 aliphatic carbocycles. The molecular weight excluding hydrogens is 432 g/mol. The smallest absolute Gasteiger partial charge is 0.242 e. The molecule has 3 aromatic carbocycles. The Labute approximate surface area is 197 Å². The third-order valence-electron chi connectivity index (χ3n) is 5.28. The molecule has 4 rings (SSSR count). The molecular formula is C26H26N4O2S. The molecule has 0 aliphatic rings.